The maximum Gasteiger partial charge on any atom is 0.326 e. The first-order valence-electron chi connectivity index (χ1n) is 8.02. The largest absolute Gasteiger partial charge is 0.338 e. The van der Waals surface area contributed by atoms with Crippen molar-refractivity contribution >= 4 is 30.3 Å². The van der Waals surface area contributed by atoms with Crippen LogP contribution in [0.4, 0.5) is 4.79 Å². The van der Waals surface area contributed by atoms with E-state index in [1.807, 2.05) is 11.8 Å². The number of nitrogens with two attached hydrogens (primary N) is 1. The maximum absolute atomic E-state index is 12.4. The predicted molar refractivity (Wildman–Crippen MR) is 89.2 cm³/mol. The zero-order valence-corrected chi connectivity index (χ0v) is 14.7. The Morgan fingerprint density at radius 2 is 2.04 bits per heavy atom. The van der Waals surface area contributed by atoms with Crippen LogP contribution < -0.4 is 5.73 Å². The van der Waals surface area contributed by atoms with Crippen molar-refractivity contribution in [2.24, 2.45) is 5.73 Å². The molecule has 2 atom stereocenters. The second-order valence-corrected chi connectivity index (χ2v) is 6.30. The lowest BCUT2D eigenvalue weighted by atomic mass is 9.96. The average molecular weight is 347 g/mol. The van der Waals surface area contributed by atoms with Crippen molar-refractivity contribution in [3.63, 3.8) is 0 Å². The average Bonchev–Trinajstić information content (AvgIpc) is 2.73. The van der Waals surface area contributed by atoms with Crippen LogP contribution in [0, 0.1) is 0 Å². The third kappa shape index (κ3) is 4.57. The van der Waals surface area contributed by atoms with Crippen LogP contribution in [0.15, 0.2) is 0 Å². The molecule has 23 heavy (non-hydrogen) atoms. The lowest BCUT2D eigenvalue weighted by Crippen LogP contribution is -2.51. The van der Waals surface area contributed by atoms with E-state index in [0.717, 1.165) is 25.8 Å². The summed E-state index contributed by atoms with van der Waals surface area (Å²) in [4.78, 5) is 40.3. The van der Waals surface area contributed by atoms with Crippen molar-refractivity contribution in [1.29, 1.82) is 0 Å². The van der Waals surface area contributed by atoms with Crippen molar-refractivity contribution in [2.45, 2.75) is 51.1 Å². The number of carbonyl (C=O) groups excluding carboxylic acids is 3. The van der Waals surface area contributed by atoms with E-state index in [2.05, 4.69) is 0 Å². The van der Waals surface area contributed by atoms with Gasteiger partial charge in [0.25, 0.3) is 0 Å². The molecule has 0 aliphatic carbocycles. The fraction of sp³-hybridized carbons (Fsp3) is 0.800. The quantitative estimate of drug-likeness (QED) is 0.746. The highest BCUT2D eigenvalue weighted by molar-refractivity contribution is 6.01. The van der Waals surface area contributed by atoms with Crippen LogP contribution in [-0.2, 0) is 9.59 Å². The molecule has 2 rings (SSSR count). The molecule has 4 amide bonds. The molecular formula is C15H27ClN4O3. The molecule has 2 saturated heterocycles. The third-order valence-electron chi connectivity index (χ3n) is 4.48. The molecule has 0 spiro atoms. The van der Waals surface area contributed by atoms with Crippen molar-refractivity contribution in [2.75, 3.05) is 26.7 Å². The number of amides is 4. The molecular weight excluding hydrogens is 320 g/mol. The Morgan fingerprint density at radius 1 is 1.35 bits per heavy atom. The molecule has 7 nitrogen and oxygen atoms in total. The molecule has 8 heteroatoms. The summed E-state index contributed by atoms with van der Waals surface area (Å²) >= 11 is 0. The summed E-state index contributed by atoms with van der Waals surface area (Å²) in [6.07, 6.45) is 3.94. The van der Waals surface area contributed by atoms with Crippen LogP contribution in [0.3, 0.4) is 0 Å². The molecule has 2 N–H and O–H groups in total. The van der Waals surface area contributed by atoms with Gasteiger partial charge >= 0.3 is 6.03 Å². The Balaban J connectivity index is 0.00000264. The highest BCUT2D eigenvalue weighted by Crippen LogP contribution is 2.20. The van der Waals surface area contributed by atoms with Crippen LogP contribution in [0.1, 0.15) is 39.0 Å². The highest BCUT2D eigenvalue weighted by atomic mass is 35.5. The lowest BCUT2D eigenvalue weighted by molar-refractivity contribution is -0.136. The summed E-state index contributed by atoms with van der Waals surface area (Å²) in [6, 6.07) is -0.189. The summed E-state index contributed by atoms with van der Waals surface area (Å²) in [7, 11) is 1.60. The fourth-order valence-electron chi connectivity index (χ4n) is 3.23. The number of hydrogen-bond donors (Lipinski definition) is 1. The molecule has 2 aliphatic heterocycles. The van der Waals surface area contributed by atoms with Gasteiger partial charge < -0.3 is 15.5 Å². The van der Waals surface area contributed by atoms with Gasteiger partial charge in [0.15, 0.2) is 0 Å². The lowest BCUT2D eigenvalue weighted by Gasteiger charge is -2.38. The number of likely N-dealkylation sites (tertiary alicyclic amines) is 1. The van der Waals surface area contributed by atoms with Crippen molar-refractivity contribution < 1.29 is 14.4 Å². The number of carbonyl (C=O) groups is 3. The Bertz CT molecular complexity index is 458. The number of hydrogen-bond acceptors (Lipinski definition) is 4. The van der Waals surface area contributed by atoms with Crippen molar-refractivity contribution in [3.8, 4) is 0 Å². The van der Waals surface area contributed by atoms with Gasteiger partial charge in [-0.1, -0.05) is 0 Å². The number of halogens is 1. The van der Waals surface area contributed by atoms with Crippen LogP contribution in [0.25, 0.3) is 0 Å². The monoisotopic (exact) mass is 346 g/mol. The van der Waals surface area contributed by atoms with E-state index in [9.17, 15) is 14.4 Å². The topological polar surface area (TPSA) is 86.9 Å². The molecule has 2 heterocycles. The first-order valence-corrected chi connectivity index (χ1v) is 8.02. The van der Waals surface area contributed by atoms with E-state index >= 15 is 0 Å². The minimum Gasteiger partial charge on any atom is -0.338 e. The minimum absolute atomic E-state index is 0. The zero-order chi connectivity index (χ0) is 16.3. The van der Waals surface area contributed by atoms with E-state index in [1.165, 1.54) is 9.80 Å². The van der Waals surface area contributed by atoms with Crippen LogP contribution in [0.5, 0.6) is 0 Å². The highest BCUT2D eigenvalue weighted by Gasteiger charge is 2.33. The number of rotatable bonds is 5. The summed E-state index contributed by atoms with van der Waals surface area (Å²) in [6.45, 7) is 3.14. The predicted octanol–water partition coefficient (Wildman–Crippen LogP) is 0.811. The summed E-state index contributed by atoms with van der Waals surface area (Å²) < 4.78 is 0. The molecule has 0 saturated carbocycles. The number of piperidine rings is 1. The van der Waals surface area contributed by atoms with E-state index in [-0.39, 0.29) is 48.9 Å². The maximum atomic E-state index is 12.4. The zero-order valence-electron chi connectivity index (χ0n) is 13.9. The molecule has 0 aromatic heterocycles. The van der Waals surface area contributed by atoms with E-state index < -0.39 is 0 Å². The van der Waals surface area contributed by atoms with Gasteiger partial charge in [-0.2, -0.15) is 0 Å². The van der Waals surface area contributed by atoms with Gasteiger partial charge in [0, 0.05) is 38.6 Å². The van der Waals surface area contributed by atoms with Gasteiger partial charge in [0.05, 0.1) is 0 Å². The number of urea groups is 1. The van der Waals surface area contributed by atoms with E-state index in [4.69, 9.17) is 5.73 Å². The Hall–Kier alpha value is -1.34. The summed E-state index contributed by atoms with van der Waals surface area (Å²) in [5.74, 6) is -0.110. The smallest absolute Gasteiger partial charge is 0.326 e. The first-order chi connectivity index (χ1) is 10.4. The molecule has 0 bridgehead atoms. The van der Waals surface area contributed by atoms with E-state index in [1.54, 1.807) is 7.05 Å². The summed E-state index contributed by atoms with van der Waals surface area (Å²) in [5.41, 5.74) is 5.98. The molecule has 2 aliphatic rings. The first kappa shape index (κ1) is 19.7. The molecule has 0 aromatic carbocycles. The van der Waals surface area contributed by atoms with Crippen LogP contribution in [-0.4, -0.2) is 71.3 Å². The van der Waals surface area contributed by atoms with E-state index in [0.29, 0.717) is 19.4 Å². The number of nitrogens with zero attached hydrogens (tertiary/aromatic N) is 3. The molecule has 2 unspecified atom stereocenters. The van der Waals surface area contributed by atoms with Gasteiger partial charge in [-0.05, 0) is 32.6 Å². The Labute approximate surface area is 143 Å². The fourth-order valence-corrected chi connectivity index (χ4v) is 3.23. The van der Waals surface area contributed by atoms with Gasteiger partial charge in [-0.3, -0.25) is 14.5 Å². The molecule has 2 fully saturated rings. The standard InChI is InChI=1S/C15H26N4O3.ClH/c1-11(16)12-6-3-4-8-18(12)13(20)7-5-9-19-14(21)10-17(2)15(19)22;/h11-12H,3-10,16H2,1-2H3;1H. The Morgan fingerprint density at radius 3 is 2.61 bits per heavy atom. The van der Waals surface area contributed by atoms with Gasteiger partial charge in [-0.15, -0.1) is 12.4 Å². The van der Waals surface area contributed by atoms with Gasteiger partial charge in [-0.25, -0.2) is 4.79 Å². The third-order valence-corrected chi connectivity index (χ3v) is 4.48. The van der Waals surface area contributed by atoms with Gasteiger partial charge in [0.1, 0.15) is 6.54 Å². The second kappa shape index (κ2) is 8.49. The second-order valence-electron chi connectivity index (χ2n) is 6.30. The normalized spacial score (nSPS) is 23.1. The van der Waals surface area contributed by atoms with Crippen LogP contribution in [0.2, 0.25) is 0 Å². The van der Waals surface area contributed by atoms with Gasteiger partial charge in [0.2, 0.25) is 11.8 Å². The molecule has 132 valence electrons. The Kier molecular flexibility index (Phi) is 7.28. The minimum atomic E-state index is -0.274. The SMILES string of the molecule is CC(N)C1CCCCN1C(=O)CCCN1C(=O)CN(C)C1=O.Cl. The van der Waals surface area contributed by atoms with Crippen LogP contribution >= 0.6 is 12.4 Å². The molecule has 0 radical (unpaired) electrons. The van der Waals surface area contributed by atoms with Crippen molar-refractivity contribution in [1.82, 2.24) is 14.7 Å². The number of likely N-dealkylation sites (N-methyl/N-ethyl adjacent to an activating group) is 1. The summed E-state index contributed by atoms with van der Waals surface area (Å²) in [5, 5.41) is 0. The molecule has 0 aromatic rings. The number of imide groups is 1. The van der Waals surface area contributed by atoms with Crippen molar-refractivity contribution in [3.05, 3.63) is 0 Å².